The third-order valence-corrected chi connectivity index (χ3v) is 5.47. The number of rotatable bonds is 5. The predicted octanol–water partition coefficient (Wildman–Crippen LogP) is 4.36. The number of hydrogen-bond donors (Lipinski definition) is 0. The molecule has 0 aliphatic rings. The van der Waals surface area contributed by atoms with Crippen molar-refractivity contribution in [2.45, 2.75) is 11.4 Å². The molecule has 0 bridgehead atoms. The summed E-state index contributed by atoms with van der Waals surface area (Å²) in [7, 11) is -3.86. The molecule has 0 spiro atoms. The molecule has 0 radical (unpaired) electrons. The zero-order valence-electron chi connectivity index (χ0n) is 13.1. The van der Waals surface area contributed by atoms with Crippen LogP contribution in [0.4, 0.5) is 14.5 Å². The molecule has 25 heavy (non-hydrogen) atoms. The number of sulfonamides is 1. The van der Waals surface area contributed by atoms with Crippen LogP contribution in [0.5, 0.6) is 0 Å². The molecule has 128 valence electrons. The molecule has 3 aromatic rings. The summed E-state index contributed by atoms with van der Waals surface area (Å²) < 4.78 is 53.6. The summed E-state index contributed by atoms with van der Waals surface area (Å²) >= 11 is 0. The summed E-state index contributed by atoms with van der Waals surface area (Å²) in [4.78, 5) is 0.126. The molecule has 3 rings (SSSR count). The zero-order chi connectivity index (χ0) is 17.9. The summed E-state index contributed by atoms with van der Waals surface area (Å²) in [6.07, 6.45) is 0. The smallest absolute Gasteiger partial charge is 0.262 e. The van der Waals surface area contributed by atoms with Gasteiger partial charge in [-0.3, -0.25) is 4.31 Å². The van der Waals surface area contributed by atoms with Crippen LogP contribution < -0.4 is 4.31 Å². The van der Waals surface area contributed by atoms with Gasteiger partial charge in [-0.1, -0.05) is 30.3 Å². The normalized spacial score (nSPS) is 11.3. The minimum atomic E-state index is -3.86. The van der Waals surface area contributed by atoms with Crippen LogP contribution in [0.25, 0.3) is 0 Å². The van der Waals surface area contributed by atoms with E-state index in [0.717, 1.165) is 0 Å². The molecule has 0 amide bonds. The topological polar surface area (TPSA) is 37.4 Å². The first-order valence-corrected chi connectivity index (χ1v) is 8.98. The zero-order valence-corrected chi connectivity index (χ0v) is 14.0. The maximum absolute atomic E-state index is 13.2. The van der Waals surface area contributed by atoms with E-state index in [1.165, 1.54) is 65.0 Å². The summed E-state index contributed by atoms with van der Waals surface area (Å²) in [5, 5.41) is 0. The summed E-state index contributed by atoms with van der Waals surface area (Å²) in [5.74, 6) is -0.856. The Morgan fingerprint density at radius 1 is 0.720 bits per heavy atom. The van der Waals surface area contributed by atoms with Crippen molar-refractivity contribution in [2.75, 3.05) is 4.31 Å². The van der Waals surface area contributed by atoms with Gasteiger partial charge >= 0.3 is 0 Å². The Bertz CT molecular complexity index is 941. The molecule has 0 atom stereocenters. The number of halogens is 2. The Morgan fingerprint density at radius 2 is 1.24 bits per heavy atom. The highest BCUT2D eigenvalue weighted by atomic mass is 32.2. The minimum Gasteiger partial charge on any atom is -0.262 e. The second-order valence-electron chi connectivity index (χ2n) is 5.43. The summed E-state index contributed by atoms with van der Waals surface area (Å²) in [6, 6.07) is 18.8. The van der Waals surface area contributed by atoms with E-state index in [9.17, 15) is 17.2 Å². The van der Waals surface area contributed by atoms with Gasteiger partial charge in [0.05, 0.1) is 17.1 Å². The first kappa shape index (κ1) is 17.1. The standard InChI is InChI=1S/C19H15F2NO2S/c20-16-8-6-15(7-9-16)14-22(18-12-10-17(21)11-13-18)25(23,24)19-4-2-1-3-5-19/h1-13H,14H2. The molecule has 0 aromatic heterocycles. The molecule has 0 aliphatic heterocycles. The Labute approximate surface area is 145 Å². The molecular formula is C19H15F2NO2S. The highest BCUT2D eigenvalue weighted by Gasteiger charge is 2.25. The lowest BCUT2D eigenvalue weighted by Crippen LogP contribution is -2.30. The summed E-state index contributed by atoms with van der Waals surface area (Å²) in [5.41, 5.74) is 0.944. The molecule has 0 fully saturated rings. The molecule has 0 aliphatic carbocycles. The highest BCUT2D eigenvalue weighted by molar-refractivity contribution is 7.92. The molecule has 0 saturated heterocycles. The summed E-state index contributed by atoms with van der Waals surface area (Å²) in [6.45, 7) is 0.00312. The number of hydrogen-bond acceptors (Lipinski definition) is 2. The lowest BCUT2D eigenvalue weighted by atomic mass is 10.2. The molecule has 3 aromatic carbocycles. The van der Waals surface area contributed by atoms with E-state index in [1.807, 2.05) is 0 Å². The van der Waals surface area contributed by atoms with Gasteiger partial charge in [0.1, 0.15) is 11.6 Å². The van der Waals surface area contributed by atoms with E-state index in [4.69, 9.17) is 0 Å². The highest BCUT2D eigenvalue weighted by Crippen LogP contribution is 2.26. The van der Waals surface area contributed by atoms with Gasteiger partial charge in [-0.25, -0.2) is 17.2 Å². The molecular weight excluding hydrogens is 344 g/mol. The second kappa shape index (κ2) is 7.03. The Morgan fingerprint density at radius 3 is 1.80 bits per heavy atom. The van der Waals surface area contributed by atoms with Crippen molar-refractivity contribution in [2.24, 2.45) is 0 Å². The number of nitrogens with zero attached hydrogens (tertiary/aromatic N) is 1. The Hall–Kier alpha value is -2.73. The fourth-order valence-corrected chi connectivity index (χ4v) is 3.87. The van der Waals surface area contributed by atoms with Crippen molar-refractivity contribution in [1.29, 1.82) is 0 Å². The fraction of sp³-hybridized carbons (Fsp3) is 0.0526. The van der Waals surface area contributed by atoms with Crippen molar-refractivity contribution >= 4 is 15.7 Å². The number of anilines is 1. The van der Waals surface area contributed by atoms with Gasteiger partial charge in [-0.15, -0.1) is 0 Å². The molecule has 0 saturated carbocycles. The molecule has 0 N–H and O–H groups in total. The monoisotopic (exact) mass is 359 g/mol. The van der Waals surface area contributed by atoms with Crippen LogP contribution in [0.15, 0.2) is 83.8 Å². The first-order chi connectivity index (χ1) is 12.0. The van der Waals surface area contributed by atoms with Crippen LogP contribution in [0.3, 0.4) is 0 Å². The molecule has 0 unspecified atom stereocenters. The van der Waals surface area contributed by atoms with Crippen LogP contribution >= 0.6 is 0 Å². The second-order valence-corrected chi connectivity index (χ2v) is 7.29. The van der Waals surface area contributed by atoms with E-state index >= 15 is 0 Å². The van der Waals surface area contributed by atoms with Gasteiger partial charge in [-0.05, 0) is 54.1 Å². The van der Waals surface area contributed by atoms with Crippen molar-refractivity contribution in [3.8, 4) is 0 Å². The van der Waals surface area contributed by atoms with Crippen molar-refractivity contribution in [3.05, 3.63) is 96.1 Å². The number of benzene rings is 3. The quantitative estimate of drug-likeness (QED) is 0.679. The Kier molecular flexibility index (Phi) is 4.81. The third-order valence-electron chi connectivity index (χ3n) is 3.69. The maximum Gasteiger partial charge on any atom is 0.264 e. The van der Waals surface area contributed by atoms with Gasteiger partial charge in [0.2, 0.25) is 0 Å². The Balaban J connectivity index is 2.05. The van der Waals surface area contributed by atoms with Crippen LogP contribution in [0.2, 0.25) is 0 Å². The van der Waals surface area contributed by atoms with Gasteiger partial charge < -0.3 is 0 Å². The SMILES string of the molecule is O=S(=O)(c1ccccc1)N(Cc1ccc(F)cc1)c1ccc(F)cc1. The van der Waals surface area contributed by atoms with E-state index in [0.29, 0.717) is 11.3 Å². The molecule has 3 nitrogen and oxygen atoms in total. The fourth-order valence-electron chi connectivity index (χ4n) is 2.40. The largest absolute Gasteiger partial charge is 0.264 e. The predicted molar refractivity (Wildman–Crippen MR) is 92.6 cm³/mol. The van der Waals surface area contributed by atoms with Crippen molar-refractivity contribution in [3.63, 3.8) is 0 Å². The van der Waals surface area contributed by atoms with Crippen LogP contribution in [0.1, 0.15) is 5.56 Å². The van der Waals surface area contributed by atoms with Crippen LogP contribution in [-0.2, 0) is 16.6 Å². The average molecular weight is 359 g/mol. The van der Waals surface area contributed by atoms with E-state index in [2.05, 4.69) is 0 Å². The molecule has 0 heterocycles. The lowest BCUT2D eigenvalue weighted by Gasteiger charge is -2.24. The van der Waals surface area contributed by atoms with E-state index < -0.39 is 21.7 Å². The van der Waals surface area contributed by atoms with Crippen LogP contribution in [-0.4, -0.2) is 8.42 Å². The maximum atomic E-state index is 13.2. The first-order valence-electron chi connectivity index (χ1n) is 7.54. The van der Waals surface area contributed by atoms with E-state index in [1.54, 1.807) is 18.2 Å². The van der Waals surface area contributed by atoms with Gasteiger partial charge in [-0.2, -0.15) is 0 Å². The van der Waals surface area contributed by atoms with Gasteiger partial charge in [0.25, 0.3) is 10.0 Å². The van der Waals surface area contributed by atoms with Crippen molar-refractivity contribution in [1.82, 2.24) is 0 Å². The van der Waals surface area contributed by atoms with Gasteiger partial charge in [0.15, 0.2) is 0 Å². The van der Waals surface area contributed by atoms with Gasteiger partial charge in [0, 0.05) is 0 Å². The van der Waals surface area contributed by atoms with Crippen molar-refractivity contribution < 1.29 is 17.2 Å². The molecule has 6 heteroatoms. The van der Waals surface area contributed by atoms with Crippen LogP contribution in [0, 0.1) is 11.6 Å². The lowest BCUT2D eigenvalue weighted by molar-refractivity contribution is 0.590. The van der Waals surface area contributed by atoms with E-state index in [-0.39, 0.29) is 11.4 Å². The minimum absolute atomic E-state index is 0.00312. The average Bonchev–Trinajstić information content (AvgIpc) is 2.63. The third kappa shape index (κ3) is 3.85.